The second kappa shape index (κ2) is 3.44. The highest BCUT2D eigenvalue weighted by Crippen LogP contribution is 2.19. The fourth-order valence-corrected chi connectivity index (χ4v) is 1.47. The van der Waals surface area contributed by atoms with E-state index in [1.54, 1.807) is 7.11 Å². The number of thiol groups is 1. The molecular formula is C6H13NOS. The van der Waals surface area contributed by atoms with E-state index in [9.17, 15) is 0 Å². The van der Waals surface area contributed by atoms with Crippen molar-refractivity contribution in [2.75, 3.05) is 26.8 Å². The highest BCUT2D eigenvalue weighted by atomic mass is 32.1. The van der Waals surface area contributed by atoms with Gasteiger partial charge in [0.15, 0.2) is 0 Å². The zero-order chi connectivity index (χ0) is 6.69. The fourth-order valence-electron chi connectivity index (χ4n) is 1.01. The summed E-state index contributed by atoms with van der Waals surface area (Å²) in [6, 6.07) is 0. The maximum atomic E-state index is 4.94. The van der Waals surface area contributed by atoms with Crippen LogP contribution in [0, 0.1) is 5.92 Å². The second-order valence-electron chi connectivity index (χ2n) is 2.52. The van der Waals surface area contributed by atoms with Crippen molar-refractivity contribution in [1.29, 1.82) is 0 Å². The number of hydrogen-bond donors (Lipinski definition) is 1. The van der Waals surface area contributed by atoms with Crippen LogP contribution in [0.15, 0.2) is 0 Å². The standard InChI is InChI=1S/C6H13NOS/c1-8-3-2-6-4-7(9)5-6/h6,9H,2-5H2,1H3. The van der Waals surface area contributed by atoms with Crippen LogP contribution in [0.1, 0.15) is 6.42 Å². The zero-order valence-corrected chi connectivity index (χ0v) is 6.60. The van der Waals surface area contributed by atoms with Gasteiger partial charge >= 0.3 is 0 Å². The lowest BCUT2D eigenvalue weighted by Gasteiger charge is -2.34. The van der Waals surface area contributed by atoms with Gasteiger partial charge < -0.3 is 4.74 Å². The molecule has 0 saturated carbocycles. The van der Waals surface area contributed by atoms with Crippen LogP contribution in [0.4, 0.5) is 0 Å². The van der Waals surface area contributed by atoms with Gasteiger partial charge in [-0.1, -0.05) is 12.8 Å². The molecule has 3 heteroatoms. The first-order chi connectivity index (χ1) is 4.33. The third kappa shape index (κ3) is 2.16. The third-order valence-corrected chi connectivity index (χ3v) is 1.99. The molecule has 9 heavy (non-hydrogen) atoms. The molecule has 1 rings (SSSR count). The van der Waals surface area contributed by atoms with E-state index in [1.165, 1.54) is 6.42 Å². The molecule has 1 aliphatic heterocycles. The smallest absolute Gasteiger partial charge is 0.0465 e. The van der Waals surface area contributed by atoms with Crippen LogP contribution in [-0.2, 0) is 4.74 Å². The first kappa shape index (κ1) is 7.38. The van der Waals surface area contributed by atoms with Crippen molar-refractivity contribution in [2.24, 2.45) is 5.92 Å². The maximum absolute atomic E-state index is 4.94. The molecule has 2 nitrogen and oxygen atoms in total. The van der Waals surface area contributed by atoms with Gasteiger partial charge in [-0.2, -0.15) is 0 Å². The molecular weight excluding hydrogens is 134 g/mol. The molecule has 1 heterocycles. The van der Waals surface area contributed by atoms with Crippen LogP contribution in [0.2, 0.25) is 0 Å². The van der Waals surface area contributed by atoms with Crippen molar-refractivity contribution in [1.82, 2.24) is 4.31 Å². The van der Waals surface area contributed by atoms with Crippen LogP contribution >= 0.6 is 12.8 Å². The Balaban J connectivity index is 1.91. The molecule has 0 aromatic heterocycles. The van der Waals surface area contributed by atoms with E-state index >= 15 is 0 Å². The minimum absolute atomic E-state index is 0.836. The molecule has 0 atom stereocenters. The number of methoxy groups -OCH3 is 1. The summed E-state index contributed by atoms with van der Waals surface area (Å²) in [7, 11) is 1.75. The zero-order valence-electron chi connectivity index (χ0n) is 5.71. The second-order valence-corrected chi connectivity index (χ2v) is 3.08. The van der Waals surface area contributed by atoms with Gasteiger partial charge in [-0.3, -0.25) is 4.31 Å². The molecule has 0 radical (unpaired) electrons. The lowest BCUT2D eigenvalue weighted by atomic mass is 10.0. The van der Waals surface area contributed by atoms with Gasteiger partial charge in [0.05, 0.1) is 0 Å². The summed E-state index contributed by atoms with van der Waals surface area (Å²) in [6.45, 7) is 3.16. The summed E-state index contributed by atoms with van der Waals surface area (Å²) < 4.78 is 6.97. The topological polar surface area (TPSA) is 12.5 Å². The molecule has 1 fully saturated rings. The Kier molecular flexibility index (Phi) is 2.82. The lowest BCUT2D eigenvalue weighted by molar-refractivity contribution is 0.133. The molecule has 0 aliphatic carbocycles. The molecule has 1 aliphatic rings. The fraction of sp³-hybridized carbons (Fsp3) is 1.00. The highest BCUT2D eigenvalue weighted by Gasteiger charge is 2.22. The highest BCUT2D eigenvalue weighted by molar-refractivity contribution is 7.77. The summed E-state index contributed by atoms with van der Waals surface area (Å²) in [6.07, 6.45) is 1.19. The van der Waals surface area contributed by atoms with E-state index in [4.69, 9.17) is 4.74 Å². The van der Waals surface area contributed by atoms with Crippen LogP contribution in [0.3, 0.4) is 0 Å². The van der Waals surface area contributed by atoms with Crippen molar-refractivity contribution in [3.05, 3.63) is 0 Å². The van der Waals surface area contributed by atoms with E-state index in [-0.39, 0.29) is 0 Å². The molecule has 0 amide bonds. The van der Waals surface area contributed by atoms with E-state index in [1.807, 2.05) is 4.31 Å². The van der Waals surface area contributed by atoms with Crippen molar-refractivity contribution < 1.29 is 4.74 Å². The van der Waals surface area contributed by atoms with E-state index < -0.39 is 0 Å². The predicted molar refractivity (Wildman–Crippen MR) is 40.5 cm³/mol. The Morgan fingerprint density at radius 1 is 1.67 bits per heavy atom. The molecule has 0 spiro atoms. The van der Waals surface area contributed by atoms with Crippen molar-refractivity contribution >= 4 is 12.8 Å². The average Bonchev–Trinajstić information content (AvgIpc) is 1.78. The molecule has 0 bridgehead atoms. The first-order valence-electron chi connectivity index (χ1n) is 3.25. The number of nitrogens with zero attached hydrogens (tertiary/aromatic N) is 1. The van der Waals surface area contributed by atoms with E-state index in [2.05, 4.69) is 12.8 Å². The van der Waals surface area contributed by atoms with Crippen LogP contribution in [0.25, 0.3) is 0 Å². The number of hydrogen-bond acceptors (Lipinski definition) is 3. The lowest BCUT2D eigenvalue weighted by Crippen LogP contribution is -2.40. The van der Waals surface area contributed by atoms with Crippen LogP contribution in [0.5, 0.6) is 0 Å². The summed E-state index contributed by atoms with van der Waals surface area (Å²) >= 11 is 4.16. The SMILES string of the molecule is COCCC1CN(S)C1. The van der Waals surface area contributed by atoms with Gasteiger partial charge in [0, 0.05) is 26.8 Å². The summed E-state index contributed by atoms with van der Waals surface area (Å²) in [5, 5.41) is 0. The summed E-state index contributed by atoms with van der Waals surface area (Å²) in [4.78, 5) is 0. The molecule has 0 N–H and O–H groups in total. The Bertz CT molecular complexity index is 83.1. The van der Waals surface area contributed by atoms with E-state index in [0.29, 0.717) is 0 Å². The van der Waals surface area contributed by atoms with Gasteiger partial charge in [-0.15, -0.1) is 0 Å². The Hall–Kier alpha value is 0.270. The minimum atomic E-state index is 0.836. The molecule has 0 aromatic carbocycles. The van der Waals surface area contributed by atoms with Crippen molar-refractivity contribution in [3.8, 4) is 0 Å². The Labute approximate surface area is 61.7 Å². The molecule has 1 saturated heterocycles. The quantitative estimate of drug-likeness (QED) is 0.593. The first-order valence-corrected chi connectivity index (χ1v) is 3.65. The monoisotopic (exact) mass is 147 g/mol. The van der Waals surface area contributed by atoms with Crippen molar-refractivity contribution in [3.63, 3.8) is 0 Å². The van der Waals surface area contributed by atoms with Gasteiger partial charge in [-0.25, -0.2) is 0 Å². The van der Waals surface area contributed by atoms with Crippen LogP contribution < -0.4 is 0 Å². The molecule has 0 aromatic rings. The Morgan fingerprint density at radius 2 is 2.33 bits per heavy atom. The minimum Gasteiger partial charge on any atom is -0.385 e. The maximum Gasteiger partial charge on any atom is 0.0465 e. The van der Waals surface area contributed by atoms with E-state index in [0.717, 1.165) is 25.6 Å². The average molecular weight is 147 g/mol. The van der Waals surface area contributed by atoms with Gasteiger partial charge in [0.2, 0.25) is 0 Å². The number of rotatable bonds is 3. The number of ether oxygens (including phenoxy) is 1. The van der Waals surface area contributed by atoms with Gasteiger partial charge in [0.1, 0.15) is 0 Å². The van der Waals surface area contributed by atoms with Crippen LogP contribution in [-0.4, -0.2) is 31.1 Å². The largest absolute Gasteiger partial charge is 0.385 e. The summed E-state index contributed by atoms with van der Waals surface area (Å²) in [5.41, 5.74) is 0. The molecule has 0 unspecified atom stereocenters. The normalized spacial score (nSPS) is 22.0. The van der Waals surface area contributed by atoms with Gasteiger partial charge in [-0.05, 0) is 12.3 Å². The third-order valence-electron chi connectivity index (χ3n) is 1.67. The predicted octanol–water partition coefficient (Wildman–Crippen LogP) is 0.800. The summed E-state index contributed by atoms with van der Waals surface area (Å²) in [5.74, 6) is 0.836. The van der Waals surface area contributed by atoms with Gasteiger partial charge in [0.25, 0.3) is 0 Å². The molecule has 54 valence electrons. The van der Waals surface area contributed by atoms with Crippen molar-refractivity contribution in [2.45, 2.75) is 6.42 Å². The Morgan fingerprint density at radius 3 is 2.78 bits per heavy atom.